The number of carbonyl (C=O) groups is 1. The van der Waals surface area contributed by atoms with Crippen LogP contribution in [0.25, 0.3) is 28.6 Å². The van der Waals surface area contributed by atoms with Crippen molar-refractivity contribution < 1.29 is 52.2 Å². The van der Waals surface area contributed by atoms with Crippen LogP contribution in [0.15, 0.2) is 39.9 Å². The number of hydrogen-bond donors (Lipinski definition) is 1. The highest BCUT2D eigenvalue weighted by molar-refractivity contribution is 5.87. The van der Waals surface area contributed by atoms with Crippen LogP contribution in [0.5, 0.6) is 0 Å². The van der Waals surface area contributed by atoms with Gasteiger partial charge in [0.05, 0.1) is 112 Å². The first kappa shape index (κ1) is 51.2. The summed E-state index contributed by atoms with van der Waals surface area (Å²) >= 11 is 0. The predicted molar refractivity (Wildman–Crippen MR) is 242 cm³/mol. The Morgan fingerprint density at radius 2 is 1.02 bits per heavy atom. The number of benzene rings is 1. The molecule has 2 aromatic heterocycles. The van der Waals surface area contributed by atoms with E-state index in [0.717, 1.165) is 49.7 Å². The molecule has 0 bridgehead atoms. The zero-order chi connectivity index (χ0) is 44.9. The van der Waals surface area contributed by atoms with Gasteiger partial charge in [0, 0.05) is 31.8 Å². The summed E-state index contributed by atoms with van der Waals surface area (Å²) in [4.78, 5) is 48.1. The van der Waals surface area contributed by atoms with Crippen LogP contribution < -0.4 is 11.2 Å². The Hall–Kier alpha value is -3.78. The molecule has 1 aromatic carbocycles. The molecule has 64 heavy (non-hydrogen) atoms. The Bertz CT molecular complexity index is 1870. The topological polar surface area (TPSA) is 182 Å². The quantitative estimate of drug-likeness (QED) is 0.0478. The number of carbonyl (C=O) groups excluding carboxylic acids is 1. The molecule has 17 heteroatoms. The van der Waals surface area contributed by atoms with Crippen LogP contribution in [0.4, 0.5) is 0 Å². The van der Waals surface area contributed by atoms with E-state index in [1.54, 1.807) is 17.8 Å². The van der Waals surface area contributed by atoms with Gasteiger partial charge in [0.1, 0.15) is 18.1 Å². The van der Waals surface area contributed by atoms with Crippen molar-refractivity contribution in [1.29, 1.82) is 0 Å². The predicted octanol–water partition coefficient (Wildman–Crippen LogP) is 5.05. The fourth-order valence-electron chi connectivity index (χ4n) is 7.84. The van der Waals surface area contributed by atoms with E-state index in [4.69, 9.17) is 52.4 Å². The largest absolute Gasteiger partial charge is 0.460 e. The van der Waals surface area contributed by atoms with Gasteiger partial charge in [0.2, 0.25) is 0 Å². The van der Waals surface area contributed by atoms with E-state index < -0.39 is 5.97 Å². The summed E-state index contributed by atoms with van der Waals surface area (Å²) in [6.07, 6.45) is 14.4. The summed E-state index contributed by atoms with van der Waals surface area (Å²) < 4.78 is 57.1. The van der Waals surface area contributed by atoms with Crippen molar-refractivity contribution in [2.24, 2.45) is 11.8 Å². The SMILES string of the molecule is COCCOCCOCCOCCOCCOCCOCCOCCOCCOC(=O)/C=C/c1ccc(-c2nc3c(=O)n(CC4CCCCC4)c(=O)n(CC4CCCCC4)c3[nH]2)cc1. The van der Waals surface area contributed by atoms with Gasteiger partial charge in [-0.25, -0.2) is 14.6 Å². The number of imidazole rings is 1. The van der Waals surface area contributed by atoms with Gasteiger partial charge < -0.3 is 52.4 Å². The van der Waals surface area contributed by atoms with Crippen molar-refractivity contribution in [2.45, 2.75) is 77.3 Å². The van der Waals surface area contributed by atoms with Crippen LogP contribution >= 0.6 is 0 Å². The Morgan fingerprint density at radius 1 is 0.594 bits per heavy atom. The van der Waals surface area contributed by atoms with Gasteiger partial charge in [0.15, 0.2) is 5.52 Å². The maximum Gasteiger partial charge on any atom is 0.332 e. The number of rotatable bonds is 34. The molecule has 358 valence electrons. The van der Waals surface area contributed by atoms with Gasteiger partial charge in [0.25, 0.3) is 5.56 Å². The molecule has 0 aliphatic heterocycles. The van der Waals surface area contributed by atoms with Gasteiger partial charge >= 0.3 is 11.7 Å². The van der Waals surface area contributed by atoms with Gasteiger partial charge in [-0.05, 0) is 49.2 Å². The number of aromatic amines is 1. The standard InChI is InChI=1S/C47H72N4O13/c1-55-18-19-56-20-21-57-22-23-58-24-25-59-26-27-60-28-29-61-30-31-62-32-33-63-34-35-64-42(52)17-14-38-12-15-41(16-13-38)44-48-43-45(49-44)50(36-39-8-4-2-5-9-39)47(54)51(46(43)53)37-40-10-6-3-7-11-40/h12-17,39-40H,2-11,18-37H2,1H3,(H,48,49)/b17-14+. The minimum atomic E-state index is -0.477. The Morgan fingerprint density at radius 3 is 1.47 bits per heavy atom. The second kappa shape index (κ2) is 31.2. The molecule has 0 unspecified atom stereocenters. The van der Waals surface area contributed by atoms with Crippen molar-refractivity contribution in [2.75, 3.05) is 126 Å². The highest BCUT2D eigenvalue weighted by atomic mass is 16.6. The van der Waals surface area contributed by atoms with Crippen LogP contribution in [0.2, 0.25) is 0 Å². The average molecular weight is 901 g/mol. The number of esters is 1. The molecule has 2 heterocycles. The van der Waals surface area contributed by atoms with Crippen molar-refractivity contribution in [3.05, 3.63) is 56.7 Å². The first-order valence-corrected chi connectivity index (χ1v) is 23.3. The van der Waals surface area contributed by atoms with Gasteiger partial charge in [-0.2, -0.15) is 0 Å². The van der Waals surface area contributed by atoms with Crippen molar-refractivity contribution in [1.82, 2.24) is 19.1 Å². The molecule has 0 spiro atoms. The van der Waals surface area contributed by atoms with Crippen LogP contribution in [0.3, 0.4) is 0 Å². The summed E-state index contributed by atoms with van der Waals surface area (Å²) in [6, 6.07) is 7.50. The van der Waals surface area contributed by atoms with E-state index in [-0.39, 0.29) is 24.5 Å². The molecule has 2 fully saturated rings. The maximum atomic E-state index is 13.9. The number of aromatic nitrogens is 4. The van der Waals surface area contributed by atoms with E-state index in [1.807, 2.05) is 24.3 Å². The summed E-state index contributed by atoms with van der Waals surface area (Å²) in [7, 11) is 1.64. The molecule has 0 atom stereocenters. The summed E-state index contributed by atoms with van der Waals surface area (Å²) in [5.74, 6) is 0.788. The zero-order valence-electron chi connectivity index (χ0n) is 38.0. The van der Waals surface area contributed by atoms with Gasteiger partial charge in [-0.1, -0.05) is 62.8 Å². The Balaban J connectivity index is 0.888. The lowest BCUT2D eigenvalue weighted by molar-refractivity contribution is -0.139. The third kappa shape index (κ3) is 19.0. The zero-order valence-corrected chi connectivity index (χ0v) is 38.0. The van der Waals surface area contributed by atoms with Crippen LogP contribution in [0.1, 0.15) is 69.8 Å². The average Bonchev–Trinajstić information content (AvgIpc) is 3.77. The van der Waals surface area contributed by atoms with Crippen molar-refractivity contribution in [3.8, 4) is 11.4 Å². The van der Waals surface area contributed by atoms with Crippen LogP contribution in [-0.4, -0.2) is 151 Å². The van der Waals surface area contributed by atoms with Crippen LogP contribution in [-0.2, 0) is 65.3 Å². The number of ether oxygens (including phenoxy) is 10. The maximum absolute atomic E-state index is 13.9. The summed E-state index contributed by atoms with van der Waals surface area (Å²) in [6.45, 7) is 9.19. The number of methoxy groups -OCH3 is 1. The lowest BCUT2D eigenvalue weighted by Crippen LogP contribution is -2.42. The number of H-pyrrole nitrogens is 1. The molecule has 0 saturated heterocycles. The second-order valence-electron chi connectivity index (χ2n) is 16.1. The molecule has 2 saturated carbocycles. The van der Waals surface area contributed by atoms with Gasteiger partial charge in [-0.3, -0.25) is 13.9 Å². The highest BCUT2D eigenvalue weighted by Gasteiger charge is 2.24. The van der Waals surface area contributed by atoms with Crippen LogP contribution in [0, 0.1) is 11.8 Å². The molecule has 17 nitrogen and oxygen atoms in total. The van der Waals surface area contributed by atoms with E-state index in [2.05, 4.69) is 4.98 Å². The monoisotopic (exact) mass is 901 g/mol. The third-order valence-electron chi connectivity index (χ3n) is 11.3. The first-order chi connectivity index (χ1) is 31.5. The molecule has 3 aromatic rings. The molecule has 2 aliphatic rings. The molecule has 1 N–H and O–H groups in total. The fourth-order valence-corrected chi connectivity index (χ4v) is 7.84. The lowest BCUT2D eigenvalue weighted by atomic mass is 9.89. The number of fused-ring (bicyclic) bond motifs is 1. The number of hydrogen-bond acceptors (Lipinski definition) is 14. The molecular weight excluding hydrogens is 829 g/mol. The Kier molecular flexibility index (Phi) is 25.0. The molecule has 2 aliphatic carbocycles. The van der Waals surface area contributed by atoms with Crippen molar-refractivity contribution in [3.63, 3.8) is 0 Å². The molecular formula is C47H72N4O13. The summed E-state index contributed by atoms with van der Waals surface area (Å²) in [5.41, 5.74) is 1.81. The minimum absolute atomic E-state index is 0.118. The fraction of sp³-hybridized carbons (Fsp3) is 0.702. The van der Waals surface area contributed by atoms with E-state index in [9.17, 15) is 14.4 Å². The van der Waals surface area contributed by atoms with Crippen molar-refractivity contribution >= 4 is 23.2 Å². The highest BCUT2D eigenvalue weighted by Crippen LogP contribution is 2.27. The van der Waals surface area contributed by atoms with E-state index >= 15 is 0 Å². The normalized spacial score (nSPS) is 15.2. The summed E-state index contributed by atoms with van der Waals surface area (Å²) in [5, 5.41) is 0. The van der Waals surface area contributed by atoms with E-state index in [1.165, 1.54) is 36.3 Å². The first-order valence-electron chi connectivity index (χ1n) is 23.3. The molecule has 0 radical (unpaired) electrons. The second-order valence-corrected chi connectivity index (χ2v) is 16.1. The smallest absolute Gasteiger partial charge is 0.332 e. The van der Waals surface area contributed by atoms with Gasteiger partial charge in [-0.15, -0.1) is 0 Å². The lowest BCUT2D eigenvalue weighted by Gasteiger charge is -2.24. The molecule has 5 rings (SSSR count). The number of nitrogens with zero attached hydrogens (tertiary/aromatic N) is 3. The Labute approximate surface area is 377 Å². The van der Waals surface area contributed by atoms with E-state index in [0.29, 0.717) is 148 Å². The number of nitrogens with one attached hydrogen (secondary N) is 1. The molecule has 0 amide bonds. The third-order valence-corrected chi connectivity index (χ3v) is 11.3. The minimum Gasteiger partial charge on any atom is -0.460 e.